The van der Waals surface area contributed by atoms with Gasteiger partial charge in [-0.2, -0.15) is 0 Å². The first kappa shape index (κ1) is 8.08. The van der Waals surface area contributed by atoms with Crippen LogP contribution in [0.4, 0.5) is 0 Å². The Hall–Kier alpha value is -0.0200. The molecule has 0 heterocycles. The number of hydrogen-bond acceptors (Lipinski definition) is 1. The van der Waals surface area contributed by atoms with E-state index in [4.69, 9.17) is 3.83 Å². The lowest BCUT2D eigenvalue weighted by Crippen LogP contribution is -1.80. The molecule has 1 nitrogen and oxygen atoms in total. The Labute approximate surface area is 77.0 Å². The molecule has 0 unspecified atom stereocenters. The highest BCUT2D eigenvalue weighted by Gasteiger charge is 2.01. The average Bonchev–Trinajstić information content (AvgIpc) is 1.88. The zero-order valence-electron chi connectivity index (χ0n) is 5.40. The Balaban J connectivity index is 3.17. The van der Waals surface area contributed by atoms with Gasteiger partial charge in [0, 0.05) is 0 Å². The molecule has 0 N–H and O–H groups in total. The maximum absolute atomic E-state index is 4.94. The van der Waals surface area contributed by atoms with E-state index in [1.807, 2.05) is 25.1 Å². The van der Waals surface area contributed by atoms with Gasteiger partial charge in [0.05, 0.1) is 4.47 Å². The highest BCUT2D eigenvalue weighted by Crippen LogP contribution is 2.29. The van der Waals surface area contributed by atoms with Gasteiger partial charge >= 0.3 is 0 Å². The third kappa shape index (κ3) is 1.52. The van der Waals surface area contributed by atoms with Crippen molar-refractivity contribution in [3.8, 4) is 5.75 Å². The van der Waals surface area contributed by atoms with Gasteiger partial charge in [-0.3, -0.25) is 0 Å². The molecule has 54 valence electrons. The predicted molar refractivity (Wildman–Crippen MR) is 48.4 cm³/mol. The van der Waals surface area contributed by atoms with Crippen molar-refractivity contribution in [3.05, 3.63) is 28.2 Å². The summed E-state index contributed by atoms with van der Waals surface area (Å²) in [6.45, 7) is 1.99. The molecule has 1 aromatic carbocycles. The molecule has 0 aromatic heterocycles. The van der Waals surface area contributed by atoms with E-state index in [9.17, 15) is 0 Å². The first-order chi connectivity index (χ1) is 4.75. The molecule has 0 saturated carbocycles. The van der Waals surface area contributed by atoms with Crippen LogP contribution in [0.1, 0.15) is 5.56 Å². The molecule has 10 heavy (non-hydrogen) atoms. The number of halogens is 2. The third-order valence-corrected chi connectivity index (χ3v) is 2.19. The Bertz CT molecular complexity index is 215. The molecule has 0 atom stereocenters. The van der Waals surface area contributed by atoms with E-state index in [0.29, 0.717) is 0 Å². The van der Waals surface area contributed by atoms with Crippen LogP contribution in [0.15, 0.2) is 22.7 Å². The lowest BCUT2D eigenvalue weighted by atomic mass is 10.2. The first-order valence-corrected chi connectivity index (χ1v) is 4.23. The van der Waals surface area contributed by atoms with E-state index in [1.54, 1.807) is 0 Å². The molecule has 0 aliphatic heterocycles. The molecule has 0 fully saturated rings. The van der Waals surface area contributed by atoms with Gasteiger partial charge in [-0.15, -0.1) is 0 Å². The summed E-state index contributed by atoms with van der Waals surface area (Å²) in [4.78, 5) is 0. The summed E-state index contributed by atoms with van der Waals surface area (Å²) in [6.07, 6.45) is 0. The largest absolute Gasteiger partial charge is 0.417 e. The molecule has 1 aromatic rings. The summed E-state index contributed by atoms with van der Waals surface area (Å²) in [6, 6.07) is 5.89. The number of aryl methyl sites for hydroxylation is 1. The second-order valence-electron chi connectivity index (χ2n) is 1.96. The summed E-state index contributed by atoms with van der Waals surface area (Å²) in [5, 5.41) is 0. The van der Waals surface area contributed by atoms with E-state index < -0.39 is 0 Å². The highest BCUT2D eigenvalue weighted by molar-refractivity contribution is 9.10. The van der Waals surface area contributed by atoms with Gasteiger partial charge in [0.15, 0.2) is 22.0 Å². The van der Waals surface area contributed by atoms with Crippen molar-refractivity contribution in [1.82, 2.24) is 0 Å². The third-order valence-electron chi connectivity index (χ3n) is 1.24. The van der Waals surface area contributed by atoms with Gasteiger partial charge in [-0.05, 0) is 34.5 Å². The quantitative estimate of drug-likeness (QED) is 0.756. The standard InChI is InChI=1S/C7H6Br2O/c1-5-3-2-4-6(8)7(5)10-9/h2-4H,1H3. The van der Waals surface area contributed by atoms with E-state index in [0.717, 1.165) is 15.8 Å². The van der Waals surface area contributed by atoms with Gasteiger partial charge < -0.3 is 3.83 Å². The molecule has 0 amide bonds. The van der Waals surface area contributed by atoms with Gasteiger partial charge in [0.2, 0.25) is 0 Å². The van der Waals surface area contributed by atoms with E-state index in [2.05, 4.69) is 32.2 Å². The lowest BCUT2D eigenvalue weighted by Gasteiger charge is -2.02. The van der Waals surface area contributed by atoms with Crippen molar-refractivity contribution < 1.29 is 3.83 Å². The monoisotopic (exact) mass is 264 g/mol. The summed E-state index contributed by atoms with van der Waals surface area (Å²) in [5.41, 5.74) is 1.10. The van der Waals surface area contributed by atoms with Crippen molar-refractivity contribution in [2.24, 2.45) is 0 Å². The van der Waals surface area contributed by atoms with Crippen LogP contribution in [0.3, 0.4) is 0 Å². The zero-order chi connectivity index (χ0) is 7.56. The Morgan fingerprint density at radius 1 is 1.40 bits per heavy atom. The van der Waals surface area contributed by atoms with Crippen LogP contribution in [0.25, 0.3) is 0 Å². The SMILES string of the molecule is Cc1cccc(Br)c1OBr. The molecule has 0 aliphatic rings. The summed E-state index contributed by atoms with van der Waals surface area (Å²) >= 11 is 6.28. The second-order valence-corrected chi connectivity index (χ2v) is 3.14. The molecule has 0 aliphatic carbocycles. The summed E-state index contributed by atoms with van der Waals surface area (Å²) < 4.78 is 5.90. The van der Waals surface area contributed by atoms with Crippen LogP contribution in [-0.2, 0) is 0 Å². The van der Waals surface area contributed by atoms with Crippen LogP contribution in [0.2, 0.25) is 0 Å². The molecule has 3 heteroatoms. The molecule has 0 bridgehead atoms. The second kappa shape index (κ2) is 3.39. The molecular formula is C7H6Br2O. The van der Waals surface area contributed by atoms with Crippen LogP contribution >= 0.6 is 32.2 Å². The Morgan fingerprint density at radius 3 is 2.50 bits per heavy atom. The van der Waals surface area contributed by atoms with Crippen molar-refractivity contribution in [2.75, 3.05) is 0 Å². The fourth-order valence-corrected chi connectivity index (χ4v) is 1.91. The number of benzene rings is 1. The number of hydrogen-bond donors (Lipinski definition) is 0. The first-order valence-electron chi connectivity index (χ1n) is 2.79. The van der Waals surface area contributed by atoms with Gasteiger partial charge in [-0.25, -0.2) is 0 Å². The van der Waals surface area contributed by atoms with Gasteiger partial charge in [-0.1, -0.05) is 12.1 Å². The molecule has 0 radical (unpaired) electrons. The topological polar surface area (TPSA) is 9.23 Å². The Morgan fingerprint density at radius 2 is 2.10 bits per heavy atom. The minimum atomic E-state index is 0.836. The van der Waals surface area contributed by atoms with Crippen LogP contribution in [0, 0.1) is 6.92 Å². The van der Waals surface area contributed by atoms with Crippen molar-refractivity contribution in [1.29, 1.82) is 0 Å². The van der Waals surface area contributed by atoms with Crippen molar-refractivity contribution >= 4 is 32.2 Å². The molecule has 0 spiro atoms. The van der Waals surface area contributed by atoms with Crippen LogP contribution in [-0.4, -0.2) is 0 Å². The summed E-state index contributed by atoms with van der Waals surface area (Å²) in [7, 11) is 0. The van der Waals surface area contributed by atoms with Crippen LogP contribution in [0.5, 0.6) is 5.75 Å². The van der Waals surface area contributed by atoms with E-state index in [-0.39, 0.29) is 0 Å². The van der Waals surface area contributed by atoms with E-state index >= 15 is 0 Å². The minimum absolute atomic E-state index is 0.836. The normalized spacial score (nSPS) is 9.50. The highest BCUT2D eigenvalue weighted by atomic mass is 79.9. The smallest absolute Gasteiger partial charge is 0.179 e. The maximum Gasteiger partial charge on any atom is 0.179 e. The summed E-state index contributed by atoms with van der Waals surface area (Å²) in [5.74, 6) is 0.836. The fraction of sp³-hybridized carbons (Fsp3) is 0.143. The minimum Gasteiger partial charge on any atom is -0.417 e. The lowest BCUT2D eigenvalue weighted by molar-refractivity contribution is 0.666. The van der Waals surface area contributed by atoms with Gasteiger partial charge in [0.1, 0.15) is 0 Å². The molecule has 1 rings (SSSR count). The maximum atomic E-state index is 4.94. The zero-order valence-corrected chi connectivity index (χ0v) is 8.57. The van der Waals surface area contributed by atoms with Crippen molar-refractivity contribution in [3.63, 3.8) is 0 Å². The van der Waals surface area contributed by atoms with Crippen LogP contribution < -0.4 is 3.83 Å². The van der Waals surface area contributed by atoms with Gasteiger partial charge in [0.25, 0.3) is 0 Å². The fourth-order valence-electron chi connectivity index (χ4n) is 0.714. The van der Waals surface area contributed by atoms with Crippen molar-refractivity contribution in [2.45, 2.75) is 6.92 Å². The number of rotatable bonds is 1. The number of para-hydroxylation sites is 1. The van der Waals surface area contributed by atoms with E-state index in [1.165, 1.54) is 0 Å². The Kier molecular flexibility index (Phi) is 2.74. The molecule has 0 saturated heterocycles. The molecular weight excluding hydrogens is 260 g/mol. The average molecular weight is 266 g/mol. The predicted octanol–water partition coefficient (Wildman–Crippen LogP) is 3.45.